The summed E-state index contributed by atoms with van der Waals surface area (Å²) in [5.74, 6) is 5.64. The van der Waals surface area contributed by atoms with Crippen LogP contribution < -0.4 is 11.3 Å². The Balaban J connectivity index is 2.02. The number of hydrogen-bond donors (Lipinski definition) is 3. The van der Waals surface area contributed by atoms with Crippen LogP contribution in [0, 0.1) is 11.3 Å². The first-order chi connectivity index (χ1) is 10.9. The van der Waals surface area contributed by atoms with E-state index in [1.165, 1.54) is 17.7 Å². The lowest BCUT2D eigenvalue weighted by Gasteiger charge is -2.31. The Morgan fingerprint density at radius 3 is 2.83 bits per heavy atom. The molecule has 4 N–H and O–H groups in total. The van der Waals surface area contributed by atoms with Gasteiger partial charge in [0.15, 0.2) is 0 Å². The van der Waals surface area contributed by atoms with Crippen LogP contribution >= 0.6 is 11.3 Å². The second kappa shape index (κ2) is 6.54. The van der Waals surface area contributed by atoms with Crippen molar-refractivity contribution in [3.63, 3.8) is 0 Å². The topological polar surface area (TPSA) is 75.3 Å². The number of nitrogens with one attached hydrogen (secondary N) is 1. The van der Waals surface area contributed by atoms with E-state index in [0.717, 1.165) is 49.1 Å². The second-order valence-corrected chi connectivity index (χ2v) is 9.09. The summed E-state index contributed by atoms with van der Waals surface area (Å²) in [6.07, 6.45) is 7.73. The van der Waals surface area contributed by atoms with Crippen molar-refractivity contribution in [2.45, 2.75) is 64.7 Å². The lowest BCUT2D eigenvalue weighted by atomic mass is 9.74. The number of rotatable bonds is 4. The van der Waals surface area contributed by atoms with E-state index in [4.69, 9.17) is 5.84 Å². The zero-order chi connectivity index (χ0) is 16.6. The average Bonchev–Trinajstić information content (AvgIpc) is 2.85. The van der Waals surface area contributed by atoms with Gasteiger partial charge in [-0.25, -0.2) is 4.79 Å². The maximum atomic E-state index is 12.0. The van der Waals surface area contributed by atoms with Crippen LogP contribution in [0.4, 0.5) is 0 Å². The zero-order valence-corrected chi connectivity index (χ0v) is 15.0. The van der Waals surface area contributed by atoms with Crippen molar-refractivity contribution in [3.8, 4) is 0 Å². The normalized spacial score (nSPS) is 26.7. The van der Waals surface area contributed by atoms with Crippen molar-refractivity contribution < 1.29 is 9.90 Å². The monoisotopic (exact) mass is 336 g/mol. The third kappa shape index (κ3) is 3.32. The molecule has 0 aromatic carbocycles. The molecule has 0 unspecified atom stereocenters. The molecule has 1 saturated carbocycles. The highest BCUT2D eigenvalue weighted by molar-refractivity contribution is 7.12. The molecule has 128 valence electrons. The SMILES string of the molecule is CC1(C)CCc2sc([C@H]3CCCC[C@@H]3CNN)c(C(=O)O)c2C1. The molecule has 0 bridgehead atoms. The standard InChI is InChI=1S/C18H28N2O2S/c1-18(2)8-7-14-13(9-18)15(17(21)22)16(23-14)12-6-4-3-5-11(12)10-20-19/h11-12,20H,3-10,19H2,1-2H3,(H,21,22)/t11-,12+/m1/s1. The second-order valence-electron chi connectivity index (χ2n) is 7.95. The smallest absolute Gasteiger partial charge is 0.337 e. The van der Waals surface area contributed by atoms with E-state index in [0.29, 0.717) is 17.4 Å². The summed E-state index contributed by atoms with van der Waals surface area (Å²) >= 11 is 1.78. The highest BCUT2D eigenvalue weighted by atomic mass is 32.1. The number of carboxylic acids is 1. The highest BCUT2D eigenvalue weighted by Gasteiger charge is 2.37. The van der Waals surface area contributed by atoms with Gasteiger partial charge in [0.2, 0.25) is 0 Å². The Morgan fingerprint density at radius 1 is 1.39 bits per heavy atom. The minimum absolute atomic E-state index is 0.209. The molecule has 0 amide bonds. The van der Waals surface area contributed by atoms with Gasteiger partial charge in [-0.15, -0.1) is 11.3 Å². The molecule has 1 heterocycles. The van der Waals surface area contributed by atoms with Gasteiger partial charge in [0, 0.05) is 16.3 Å². The zero-order valence-electron chi connectivity index (χ0n) is 14.2. The van der Waals surface area contributed by atoms with Crippen molar-refractivity contribution in [1.82, 2.24) is 5.43 Å². The highest BCUT2D eigenvalue weighted by Crippen LogP contribution is 2.48. The average molecular weight is 337 g/mol. The van der Waals surface area contributed by atoms with Crippen LogP contribution in [0.25, 0.3) is 0 Å². The Kier molecular flexibility index (Phi) is 4.81. The first-order valence-electron chi connectivity index (χ1n) is 8.74. The van der Waals surface area contributed by atoms with E-state index in [-0.39, 0.29) is 5.41 Å². The number of hydrazine groups is 1. The van der Waals surface area contributed by atoms with Crippen molar-refractivity contribution >= 4 is 17.3 Å². The molecule has 0 saturated heterocycles. The summed E-state index contributed by atoms with van der Waals surface area (Å²) < 4.78 is 0. The summed E-state index contributed by atoms with van der Waals surface area (Å²) in [5.41, 5.74) is 4.78. The molecular weight excluding hydrogens is 308 g/mol. The molecule has 1 fully saturated rings. The molecule has 0 radical (unpaired) electrons. The van der Waals surface area contributed by atoms with Gasteiger partial charge in [0.05, 0.1) is 5.56 Å². The van der Waals surface area contributed by atoms with Gasteiger partial charge in [-0.1, -0.05) is 26.7 Å². The van der Waals surface area contributed by atoms with Crippen LogP contribution in [0.5, 0.6) is 0 Å². The Bertz CT molecular complexity index is 592. The van der Waals surface area contributed by atoms with E-state index in [2.05, 4.69) is 19.3 Å². The summed E-state index contributed by atoms with van der Waals surface area (Å²) in [6.45, 7) is 5.28. The van der Waals surface area contributed by atoms with E-state index < -0.39 is 5.97 Å². The fourth-order valence-electron chi connectivity index (χ4n) is 4.39. The molecule has 4 nitrogen and oxygen atoms in total. The number of nitrogens with two attached hydrogens (primary N) is 1. The largest absolute Gasteiger partial charge is 0.478 e. The molecule has 2 aliphatic rings. The fourth-order valence-corrected chi connectivity index (χ4v) is 5.93. The van der Waals surface area contributed by atoms with Gasteiger partial charge in [0.1, 0.15) is 0 Å². The number of carboxylic acid groups (broad SMARTS) is 1. The summed E-state index contributed by atoms with van der Waals surface area (Å²) in [6, 6.07) is 0. The minimum Gasteiger partial charge on any atom is -0.478 e. The quantitative estimate of drug-likeness (QED) is 0.579. The van der Waals surface area contributed by atoms with Crippen LogP contribution in [-0.2, 0) is 12.8 Å². The third-order valence-electron chi connectivity index (χ3n) is 5.64. The number of aryl methyl sites for hydroxylation is 1. The van der Waals surface area contributed by atoms with Crippen LogP contribution in [0.1, 0.15) is 77.5 Å². The maximum Gasteiger partial charge on any atom is 0.337 e. The fraction of sp³-hybridized carbons (Fsp3) is 0.722. The van der Waals surface area contributed by atoms with Crippen LogP contribution in [-0.4, -0.2) is 17.6 Å². The predicted octanol–water partition coefficient (Wildman–Crippen LogP) is 3.70. The van der Waals surface area contributed by atoms with Crippen LogP contribution in [0.3, 0.4) is 0 Å². The molecule has 1 aromatic rings. The number of hydrogen-bond acceptors (Lipinski definition) is 4. The predicted molar refractivity (Wildman–Crippen MR) is 94.0 cm³/mol. The lowest BCUT2D eigenvalue weighted by Crippen LogP contribution is -2.33. The number of aromatic carboxylic acids is 1. The summed E-state index contributed by atoms with van der Waals surface area (Å²) in [4.78, 5) is 14.5. The van der Waals surface area contributed by atoms with Crippen molar-refractivity contribution in [2.24, 2.45) is 17.2 Å². The summed E-state index contributed by atoms with van der Waals surface area (Å²) in [7, 11) is 0. The van der Waals surface area contributed by atoms with E-state index in [1.807, 2.05) is 0 Å². The first kappa shape index (κ1) is 16.9. The van der Waals surface area contributed by atoms with Gasteiger partial charge in [-0.2, -0.15) is 0 Å². The molecule has 23 heavy (non-hydrogen) atoms. The van der Waals surface area contributed by atoms with Crippen LogP contribution in [0.15, 0.2) is 0 Å². The van der Waals surface area contributed by atoms with Gasteiger partial charge in [-0.05, 0) is 54.9 Å². The molecule has 2 atom stereocenters. The number of thiophene rings is 1. The van der Waals surface area contributed by atoms with Crippen molar-refractivity contribution in [1.29, 1.82) is 0 Å². The Labute approximate surface area is 142 Å². The van der Waals surface area contributed by atoms with Crippen molar-refractivity contribution in [2.75, 3.05) is 6.54 Å². The van der Waals surface area contributed by atoms with Gasteiger partial charge in [-0.3, -0.25) is 11.3 Å². The number of fused-ring (bicyclic) bond motifs is 1. The first-order valence-corrected chi connectivity index (χ1v) is 9.56. The third-order valence-corrected chi connectivity index (χ3v) is 7.07. The maximum absolute atomic E-state index is 12.0. The van der Waals surface area contributed by atoms with Crippen molar-refractivity contribution in [3.05, 3.63) is 20.9 Å². The lowest BCUT2D eigenvalue weighted by molar-refractivity contribution is 0.0692. The minimum atomic E-state index is -0.736. The molecule has 5 heteroatoms. The molecule has 3 rings (SSSR count). The molecular formula is C18H28N2O2S. The van der Waals surface area contributed by atoms with Crippen LogP contribution in [0.2, 0.25) is 0 Å². The molecule has 1 aromatic heterocycles. The van der Waals surface area contributed by atoms with E-state index in [1.54, 1.807) is 11.3 Å². The van der Waals surface area contributed by atoms with E-state index in [9.17, 15) is 9.90 Å². The number of carbonyl (C=O) groups is 1. The van der Waals surface area contributed by atoms with Gasteiger partial charge >= 0.3 is 5.97 Å². The molecule has 0 spiro atoms. The molecule has 0 aliphatic heterocycles. The van der Waals surface area contributed by atoms with Gasteiger partial charge < -0.3 is 5.11 Å². The van der Waals surface area contributed by atoms with Gasteiger partial charge in [0.25, 0.3) is 0 Å². The Hall–Kier alpha value is -0.910. The molecule has 2 aliphatic carbocycles. The van der Waals surface area contributed by atoms with E-state index >= 15 is 0 Å². The summed E-state index contributed by atoms with van der Waals surface area (Å²) in [5, 5.41) is 9.89. The Morgan fingerprint density at radius 2 is 2.13 bits per heavy atom.